The molecule has 0 heterocycles. The fraction of sp³-hybridized carbons (Fsp3) is 0.125. The van der Waals surface area contributed by atoms with Crippen LogP contribution in [0.2, 0.25) is 5.02 Å². The Morgan fingerprint density at radius 3 is 2.14 bits per heavy atom. The predicted molar refractivity (Wildman–Crippen MR) is 60.9 cm³/mol. The van der Waals surface area contributed by atoms with Gasteiger partial charge in [0.15, 0.2) is 0 Å². The van der Waals surface area contributed by atoms with E-state index in [1.54, 1.807) is 6.07 Å². The minimum Gasteiger partial charge on any atom is -0.276 e. The largest absolute Gasteiger partial charge is 0.276 e. The summed E-state index contributed by atoms with van der Waals surface area (Å²) >= 11 is 28.1. The van der Waals surface area contributed by atoms with Crippen molar-refractivity contribution < 1.29 is 4.79 Å². The number of hydrogen-bond donors (Lipinski definition) is 0. The summed E-state index contributed by atoms with van der Waals surface area (Å²) in [6.07, 6.45) is 0. The molecule has 1 aromatic rings. The highest BCUT2D eigenvalue weighted by Gasteiger charge is 2.30. The Morgan fingerprint density at radius 2 is 1.79 bits per heavy atom. The Morgan fingerprint density at radius 1 is 1.21 bits per heavy atom. The Bertz CT molecular complexity index is 368. The van der Waals surface area contributed by atoms with Crippen LogP contribution in [0.4, 0.5) is 0 Å². The molecule has 0 bridgehead atoms. The first kappa shape index (κ1) is 12.4. The van der Waals surface area contributed by atoms with Crippen molar-refractivity contribution in [3.63, 3.8) is 0 Å². The molecule has 76 valence electrons. The van der Waals surface area contributed by atoms with Gasteiger partial charge in [-0.15, -0.1) is 0 Å². The number of rotatable bonds is 1. The van der Waals surface area contributed by atoms with Crippen molar-refractivity contribution in [1.29, 1.82) is 0 Å². The molecule has 0 aliphatic carbocycles. The lowest BCUT2D eigenvalue weighted by Crippen LogP contribution is -2.08. The molecule has 1 aromatic carbocycles. The summed E-state index contributed by atoms with van der Waals surface area (Å²) in [4.78, 5) is 11.0. The number of hydrogen-bond acceptors (Lipinski definition) is 1. The molecule has 0 aromatic heterocycles. The zero-order valence-electron chi connectivity index (χ0n) is 6.53. The number of carbonyl (C=O) groups excluding carboxylic acids is 1. The number of alkyl halides is 3. The van der Waals surface area contributed by atoms with Gasteiger partial charge in [0.05, 0.1) is 0 Å². The maximum absolute atomic E-state index is 11.0. The molecule has 0 unspecified atom stereocenters. The van der Waals surface area contributed by atoms with Crippen LogP contribution in [0, 0.1) is 0 Å². The lowest BCUT2D eigenvalue weighted by atomic mass is 10.1. The molecule has 14 heavy (non-hydrogen) atoms. The monoisotopic (exact) mass is 290 g/mol. The van der Waals surface area contributed by atoms with Gasteiger partial charge in [0.2, 0.25) is 3.79 Å². The van der Waals surface area contributed by atoms with Crippen LogP contribution in [0.15, 0.2) is 18.2 Å². The van der Waals surface area contributed by atoms with Crippen molar-refractivity contribution >= 4 is 63.2 Å². The predicted octanol–water partition coefficient (Wildman–Crippen LogP) is 4.55. The normalized spacial score (nSPS) is 11.5. The van der Waals surface area contributed by atoms with Gasteiger partial charge in [-0.05, 0) is 23.7 Å². The smallest absolute Gasteiger partial charge is 0.252 e. The maximum Gasteiger partial charge on any atom is 0.252 e. The van der Waals surface area contributed by atoms with Crippen LogP contribution in [-0.2, 0) is 3.79 Å². The lowest BCUT2D eigenvalue weighted by molar-refractivity contribution is 0.108. The third kappa shape index (κ3) is 2.68. The molecule has 0 aliphatic heterocycles. The van der Waals surface area contributed by atoms with E-state index in [2.05, 4.69) is 0 Å². The lowest BCUT2D eigenvalue weighted by Gasteiger charge is -2.15. The van der Waals surface area contributed by atoms with Crippen molar-refractivity contribution in [3.8, 4) is 0 Å². The SMILES string of the molecule is O=C(Cl)c1cccc(Cl)c1C(Cl)(Cl)Cl. The zero-order valence-corrected chi connectivity index (χ0v) is 10.3. The van der Waals surface area contributed by atoms with Gasteiger partial charge in [0.25, 0.3) is 5.24 Å². The van der Waals surface area contributed by atoms with Gasteiger partial charge < -0.3 is 0 Å². The molecule has 0 spiro atoms. The van der Waals surface area contributed by atoms with E-state index in [4.69, 9.17) is 58.0 Å². The summed E-state index contributed by atoms with van der Waals surface area (Å²) in [5.41, 5.74) is 0.200. The van der Waals surface area contributed by atoms with Gasteiger partial charge in [-0.2, -0.15) is 0 Å². The molecule has 0 radical (unpaired) electrons. The van der Waals surface area contributed by atoms with E-state index >= 15 is 0 Å². The Balaban J connectivity index is 3.45. The summed E-state index contributed by atoms with van der Waals surface area (Å²) in [7, 11) is 0. The van der Waals surface area contributed by atoms with Gasteiger partial charge in [-0.3, -0.25) is 4.79 Å². The van der Waals surface area contributed by atoms with E-state index in [1.807, 2.05) is 0 Å². The van der Waals surface area contributed by atoms with Crippen LogP contribution >= 0.6 is 58.0 Å². The molecule has 0 saturated heterocycles. The van der Waals surface area contributed by atoms with Crippen molar-refractivity contribution in [3.05, 3.63) is 34.3 Å². The fourth-order valence-corrected chi connectivity index (χ4v) is 2.21. The van der Waals surface area contributed by atoms with Crippen LogP contribution in [0.3, 0.4) is 0 Å². The summed E-state index contributed by atoms with van der Waals surface area (Å²) in [6, 6.07) is 4.51. The molecule has 0 atom stereocenters. The van der Waals surface area contributed by atoms with Gasteiger partial charge >= 0.3 is 0 Å². The molecule has 0 N–H and O–H groups in total. The third-order valence-corrected chi connectivity index (χ3v) is 2.59. The minimum absolute atomic E-state index is 0.0965. The van der Waals surface area contributed by atoms with Crippen LogP contribution in [0.5, 0.6) is 0 Å². The standard InChI is InChI=1S/C8H3Cl5O/c9-5-3-1-2-4(7(10)14)6(5)8(11,12)13/h1-3H. The molecule has 1 rings (SSSR count). The van der Waals surface area contributed by atoms with Gasteiger partial charge in [0, 0.05) is 16.1 Å². The second-order valence-corrected chi connectivity index (χ2v) is 5.47. The van der Waals surface area contributed by atoms with E-state index in [-0.39, 0.29) is 16.1 Å². The first-order chi connectivity index (χ1) is 6.34. The second kappa shape index (κ2) is 4.46. The maximum atomic E-state index is 11.0. The number of halogens is 5. The molecular weight excluding hydrogens is 289 g/mol. The molecule has 0 saturated carbocycles. The van der Waals surface area contributed by atoms with Gasteiger partial charge in [-0.1, -0.05) is 52.5 Å². The molecule has 0 amide bonds. The molecule has 0 fully saturated rings. The minimum atomic E-state index is -1.77. The topological polar surface area (TPSA) is 17.1 Å². The van der Waals surface area contributed by atoms with Crippen LogP contribution in [-0.4, -0.2) is 5.24 Å². The van der Waals surface area contributed by atoms with Gasteiger partial charge in [0.1, 0.15) is 0 Å². The molecule has 0 aliphatic rings. The Hall–Kier alpha value is 0.340. The van der Waals surface area contributed by atoms with E-state index in [0.29, 0.717) is 0 Å². The average molecular weight is 292 g/mol. The van der Waals surface area contributed by atoms with Crippen molar-refractivity contribution in [2.45, 2.75) is 3.79 Å². The van der Waals surface area contributed by atoms with E-state index < -0.39 is 9.03 Å². The Labute approximate surface area is 106 Å². The molecular formula is C8H3Cl5O. The second-order valence-electron chi connectivity index (χ2n) is 2.43. The highest BCUT2D eigenvalue weighted by Crippen LogP contribution is 2.43. The van der Waals surface area contributed by atoms with Crippen LogP contribution in [0.25, 0.3) is 0 Å². The average Bonchev–Trinajstić information content (AvgIpc) is 2.01. The fourth-order valence-electron chi connectivity index (χ4n) is 0.976. The van der Waals surface area contributed by atoms with Crippen LogP contribution < -0.4 is 0 Å². The number of benzene rings is 1. The number of carbonyl (C=O) groups is 1. The first-order valence-electron chi connectivity index (χ1n) is 3.39. The van der Waals surface area contributed by atoms with Crippen molar-refractivity contribution in [1.82, 2.24) is 0 Å². The summed E-state index contributed by atoms with van der Waals surface area (Å²) in [6.45, 7) is 0. The zero-order chi connectivity index (χ0) is 10.9. The van der Waals surface area contributed by atoms with Crippen molar-refractivity contribution in [2.24, 2.45) is 0 Å². The molecule has 6 heteroatoms. The highest BCUT2D eigenvalue weighted by molar-refractivity contribution is 6.70. The highest BCUT2D eigenvalue weighted by atomic mass is 35.6. The van der Waals surface area contributed by atoms with E-state index in [9.17, 15) is 4.79 Å². The van der Waals surface area contributed by atoms with E-state index in [0.717, 1.165) is 0 Å². The van der Waals surface area contributed by atoms with Gasteiger partial charge in [-0.25, -0.2) is 0 Å². The summed E-state index contributed by atoms with van der Waals surface area (Å²) in [5, 5.41) is -0.523. The Kier molecular flexibility index (Phi) is 3.95. The summed E-state index contributed by atoms with van der Waals surface area (Å²) < 4.78 is -1.77. The van der Waals surface area contributed by atoms with Crippen LogP contribution in [0.1, 0.15) is 15.9 Å². The third-order valence-electron chi connectivity index (χ3n) is 1.51. The van der Waals surface area contributed by atoms with E-state index in [1.165, 1.54) is 12.1 Å². The molecule has 1 nitrogen and oxygen atoms in total. The summed E-state index contributed by atoms with van der Waals surface area (Å²) in [5.74, 6) is 0. The first-order valence-corrected chi connectivity index (χ1v) is 5.28. The quantitative estimate of drug-likeness (QED) is 0.548. The van der Waals surface area contributed by atoms with Crippen molar-refractivity contribution in [2.75, 3.05) is 0 Å².